The predicted octanol–water partition coefficient (Wildman–Crippen LogP) is 3.44. The van der Waals surface area contributed by atoms with Crippen LogP contribution in [0.2, 0.25) is 0 Å². The van der Waals surface area contributed by atoms with Gasteiger partial charge in [0.05, 0.1) is 5.57 Å². The SMILES string of the molecule is C=C(N)CC1O/C(=C2/C(=O)Nc3ccccc32)c2ccccc21. The van der Waals surface area contributed by atoms with Crippen molar-refractivity contribution in [3.05, 3.63) is 77.5 Å². The van der Waals surface area contributed by atoms with Gasteiger partial charge in [-0.25, -0.2) is 0 Å². The fourth-order valence-corrected chi connectivity index (χ4v) is 3.18. The molecule has 23 heavy (non-hydrogen) atoms. The van der Waals surface area contributed by atoms with Crippen molar-refractivity contribution in [2.75, 3.05) is 5.32 Å². The highest BCUT2D eigenvalue weighted by molar-refractivity contribution is 6.36. The van der Waals surface area contributed by atoms with E-state index in [-0.39, 0.29) is 12.0 Å². The number of anilines is 1. The molecular formula is C19H16N2O2. The lowest BCUT2D eigenvalue weighted by Crippen LogP contribution is -2.06. The third kappa shape index (κ3) is 2.11. The summed E-state index contributed by atoms with van der Waals surface area (Å²) in [4.78, 5) is 12.5. The summed E-state index contributed by atoms with van der Waals surface area (Å²) in [7, 11) is 0. The second kappa shape index (κ2) is 5.02. The number of rotatable bonds is 2. The van der Waals surface area contributed by atoms with Gasteiger partial charge >= 0.3 is 0 Å². The van der Waals surface area contributed by atoms with E-state index in [1.54, 1.807) is 0 Å². The van der Waals surface area contributed by atoms with Gasteiger partial charge in [-0.1, -0.05) is 49.0 Å². The van der Waals surface area contributed by atoms with Crippen LogP contribution in [0, 0.1) is 0 Å². The molecule has 1 atom stereocenters. The van der Waals surface area contributed by atoms with Crippen molar-refractivity contribution in [3.63, 3.8) is 0 Å². The second-order valence-corrected chi connectivity index (χ2v) is 5.76. The molecule has 0 fully saturated rings. The fourth-order valence-electron chi connectivity index (χ4n) is 3.18. The second-order valence-electron chi connectivity index (χ2n) is 5.76. The summed E-state index contributed by atoms with van der Waals surface area (Å²) in [5.41, 5.74) is 10.6. The molecular weight excluding hydrogens is 288 g/mol. The Kier molecular flexibility index (Phi) is 2.98. The number of benzene rings is 2. The number of carbonyl (C=O) groups is 1. The molecule has 0 bridgehead atoms. The minimum Gasteiger partial charge on any atom is -0.484 e. The predicted molar refractivity (Wildman–Crippen MR) is 90.1 cm³/mol. The van der Waals surface area contributed by atoms with Crippen molar-refractivity contribution in [2.24, 2.45) is 5.73 Å². The van der Waals surface area contributed by atoms with Crippen LogP contribution in [-0.2, 0) is 9.53 Å². The number of para-hydroxylation sites is 1. The Morgan fingerprint density at radius 2 is 1.83 bits per heavy atom. The minimum atomic E-state index is -0.202. The van der Waals surface area contributed by atoms with Gasteiger partial charge < -0.3 is 15.8 Å². The Bertz CT molecular complexity index is 867. The molecule has 0 aliphatic carbocycles. The van der Waals surface area contributed by atoms with E-state index in [4.69, 9.17) is 10.5 Å². The Labute approximate surface area is 134 Å². The summed E-state index contributed by atoms with van der Waals surface area (Å²) < 4.78 is 6.13. The van der Waals surface area contributed by atoms with Crippen LogP contribution in [0.1, 0.15) is 29.2 Å². The van der Waals surface area contributed by atoms with E-state index in [0.717, 1.165) is 22.4 Å². The zero-order valence-electron chi connectivity index (χ0n) is 12.5. The molecule has 0 spiro atoms. The zero-order chi connectivity index (χ0) is 16.0. The Balaban J connectivity index is 1.90. The number of amides is 1. The van der Waals surface area contributed by atoms with Gasteiger partial charge in [-0.05, 0) is 6.07 Å². The summed E-state index contributed by atoms with van der Waals surface area (Å²) in [5, 5.41) is 2.89. The summed E-state index contributed by atoms with van der Waals surface area (Å²) in [6.45, 7) is 3.77. The maximum absolute atomic E-state index is 12.5. The maximum atomic E-state index is 12.5. The Hall–Kier alpha value is -3.01. The highest BCUT2D eigenvalue weighted by Crippen LogP contribution is 2.46. The first-order valence-electron chi connectivity index (χ1n) is 7.49. The van der Waals surface area contributed by atoms with Gasteiger partial charge in [0, 0.05) is 34.5 Å². The zero-order valence-corrected chi connectivity index (χ0v) is 12.5. The van der Waals surface area contributed by atoms with Crippen LogP contribution in [0.4, 0.5) is 5.69 Å². The number of hydrogen-bond acceptors (Lipinski definition) is 3. The standard InChI is InChI=1S/C19H16N2O2/c1-11(20)10-16-12-6-2-3-7-13(12)18(23-16)17-14-8-4-5-9-15(14)21-19(17)22/h2-9,16H,1,10,20H2,(H,21,22)/b18-17+. The lowest BCUT2D eigenvalue weighted by molar-refractivity contribution is -0.110. The van der Waals surface area contributed by atoms with Crippen molar-refractivity contribution in [3.8, 4) is 0 Å². The van der Waals surface area contributed by atoms with Crippen LogP contribution in [0.15, 0.2) is 60.8 Å². The van der Waals surface area contributed by atoms with E-state index in [0.29, 0.717) is 23.5 Å². The first kappa shape index (κ1) is 13.6. The summed E-state index contributed by atoms with van der Waals surface area (Å²) in [5.74, 6) is 0.484. The van der Waals surface area contributed by atoms with Crippen LogP contribution in [0.25, 0.3) is 11.3 Å². The fraction of sp³-hybridized carbons (Fsp3) is 0.105. The molecule has 0 radical (unpaired) electrons. The molecule has 4 nitrogen and oxygen atoms in total. The molecule has 4 rings (SSSR count). The number of hydrogen-bond donors (Lipinski definition) is 2. The van der Waals surface area contributed by atoms with E-state index in [1.165, 1.54) is 0 Å². The number of nitrogens with one attached hydrogen (secondary N) is 1. The van der Waals surface area contributed by atoms with Gasteiger partial charge in [0.1, 0.15) is 11.9 Å². The molecule has 2 heterocycles. The Morgan fingerprint density at radius 1 is 1.13 bits per heavy atom. The van der Waals surface area contributed by atoms with Crippen molar-refractivity contribution >= 4 is 22.9 Å². The van der Waals surface area contributed by atoms with Gasteiger partial charge in [-0.15, -0.1) is 0 Å². The average Bonchev–Trinajstić information content (AvgIpc) is 3.04. The highest BCUT2D eigenvalue weighted by atomic mass is 16.5. The van der Waals surface area contributed by atoms with Gasteiger partial charge in [-0.3, -0.25) is 4.79 Å². The molecule has 114 valence electrons. The first-order valence-corrected chi connectivity index (χ1v) is 7.49. The Morgan fingerprint density at radius 3 is 2.61 bits per heavy atom. The van der Waals surface area contributed by atoms with Crippen molar-refractivity contribution in [1.82, 2.24) is 0 Å². The summed E-state index contributed by atoms with van der Waals surface area (Å²) in [6, 6.07) is 15.5. The summed E-state index contributed by atoms with van der Waals surface area (Å²) in [6.07, 6.45) is 0.323. The average molecular weight is 304 g/mol. The maximum Gasteiger partial charge on any atom is 0.260 e. The van der Waals surface area contributed by atoms with E-state index >= 15 is 0 Å². The highest BCUT2D eigenvalue weighted by Gasteiger charge is 2.35. The van der Waals surface area contributed by atoms with E-state index in [2.05, 4.69) is 11.9 Å². The minimum absolute atomic E-state index is 0.136. The number of carbonyl (C=O) groups excluding carboxylic acids is 1. The van der Waals surface area contributed by atoms with Crippen molar-refractivity contribution < 1.29 is 9.53 Å². The van der Waals surface area contributed by atoms with Gasteiger partial charge in [-0.2, -0.15) is 0 Å². The molecule has 0 saturated heterocycles. The van der Waals surface area contributed by atoms with Crippen LogP contribution < -0.4 is 11.1 Å². The third-order valence-electron chi connectivity index (χ3n) is 4.16. The monoisotopic (exact) mass is 304 g/mol. The lowest BCUT2D eigenvalue weighted by Gasteiger charge is -2.12. The van der Waals surface area contributed by atoms with Gasteiger partial charge in [0.2, 0.25) is 0 Å². The number of ether oxygens (including phenoxy) is 1. The van der Waals surface area contributed by atoms with Crippen LogP contribution >= 0.6 is 0 Å². The smallest absolute Gasteiger partial charge is 0.260 e. The molecule has 2 aromatic rings. The normalized spacial score (nSPS) is 21.4. The molecule has 1 unspecified atom stereocenters. The van der Waals surface area contributed by atoms with Crippen LogP contribution in [0.3, 0.4) is 0 Å². The molecule has 2 aliphatic heterocycles. The molecule has 0 aromatic heterocycles. The van der Waals surface area contributed by atoms with Gasteiger partial charge in [0.25, 0.3) is 5.91 Å². The first-order chi connectivity index (χ1) is 11.1. The molecule has 0 saturated carbocycles. The molecule has 4 heteroatoms. The van der Waals surface area contributed by atoms with Gasteiger partial charge in [0.15, 0.2) is 0 Å². The quantitative estimate of drug-likeness (QED) is 0.835. The molecule has 2 aliphatic rings. The number of nitrogens with two attached hydrogens (primary N) is 1. The number of fused-ring (bicyclic) bond motifs is 2. The van der Waals surface area contributed by atoms with E-state index < -0.39 is 0 Å². The van der Waals surface area contributed by atoms with Crippen molar-refractivity contribution in [2.45, 2.75) is 12.5 Å². The van der Waals surface area contributed by atoms with Crippen LogP contribution in [-0.4, -0.2) is 5.91 Å². The van der Waals surface area contributed by atoms with Crippen LogP contribution in [0.5, 0.6) is 0 Å². The summed E-state index contributed by atoms with van der Waals surface area (Å²) >= 11 is 0. The van der Waals surface area contributed by atoms with E-state index in [9.17, 15) is 4.79 Å². The molecule has 2 aromatic carbocycles. The topological polar surface area (TPSA) is 64.3 Å². The largest absolute Gasteiger partial charge is 0.484 e. The van der Waals surface area contributed by atoms with E-state index in [1.807, 2.05) is 48.5 Å². The third-order valence-corrected chi connectivity index (χ3v) is 4.16. The molecule has 3 N–H and O–H groups in total. The molecule has 1 amide bonds. The van der Waals surface area contributed by atoms with Crippen molar-refractivity contribution in [1.29, 1.82) is 0 Å². The lowest BCUT2D eigenvalue weighted by atomic mass is 9.98.